The van der Waals surface area contributed by atoms with Crippen molar-refractivity contribution in [1.82, 2.24) is 5.32 Å². The summed E-state index contributed by atoms with van der Waals surface area (Å²) in [7, 11) is 1.60. The van der Waals surface area contributed by atoms with Crippen LogP contribution in [0.2, 0.25) is 0 Å². The van der Waals surface area contributed by atoms with E-state index in [9.17, 15) is 9.59 Å². The van der Waals surface area contributed by atoms with Crippen molar-refractivity contribution in [2.45, 2.75) is 25.8 Å². The SMILES string of the molecule is COCCOc1ccc(CC(=O)NC(C)(C)C(=O)O)cc1. The number of ether oxygens (including phenoxy) is 2. The van der Waals surface area contributed by atoms with Gasteiger partial charge in [0.1, 0.15) is 17.9 Å². The number of amides is 1. The van der Waals surface area contributed by atoms with E-state index >= 15 is 0 Å². The molecule has 0 aliphatic carbocycles. The summed E-state index contributed by atoms with van der Waals surface area (Å²) in [6.07, 6.45) is 0.120. The number of methoxy groups -OCH3 is 1. The number of nitrogens with one attached hydrogen (secondary N) is 1. The number of carbonyl (C=O) groups excluding carboxylic acids is 1. The summed E-state index contributed by atoms with van der Waals surface area (Å²) in [6, 6.07) is 7.08. The molecule has 0 aromatic heterocycles. The molecular formula is C15H21NO5. The molecule has 1 rings (SSSR count). The average molecular weight is 295 g/mol. The summed E-state index contributed by atoms with van der Waals surface area (Å²) in [5.74, 6) is -0.713. The van der Waals surface area contributed by atoms with Gasteiger partial charge in [-0.1, -0.05) is 12.1 Å². The normalized spacial score (nSPS) is 11.0. The third kappa shape index (κ3) is 5.83. The number of carboxylic acids is 1. The molecule has 0 radical (unpaired) electrons. The smallest absolute Gasteiger partial charge is 0.328 e. The monoisotopic (exact) mass is 295 g/mol. The van der Waals surface area contributed by atoms with Crippen LogP contribution in [0.4, 0.5) is 0 Å². The minimum Gasteiger partial charge on any atom is -0.491 e. The van der Waals surface area contributed by atoms with Crippen LogP contribution in [-0.4, -0.2) is 42.8 Å². The molecule has 1 aromatic carbocycles. The van der Waals surface area contributed by atoms with Crippen molar-refractivity contribution in [2.75, 3.05) is 20.3 Å². The van der Waals surface area contributed by atoms with E-state index in [1.54, 1.807) is 31.4 Å². The maximum Gasteiger partial charge on any atom is 0.328 e. The van der Waals surface area contributed by atoms with Gasteiger partial charge in [0.25, 0.3) is 0 Å². The van der Waals surface area contributed by atoms with E-state index in [4.69, 9.17) is 14.6 Å². The van der Waals surface area contributed by atoms with Gasteiger partial charge in [0.2, 0.25) is 5.91 Å². The van der Waals surface area contributed by atoms with Crippen molar-refractivity contribution in [2.24, 2.45) is 0 Å². The van der Waals surface area contributed by atoms with E-state index in [-0.39, 0.29) is 12.3 Å². The Morgan fingerprint density at radius 3 is 2.33 bits per heavy atom. The van der Waals surface area contributed by atoms with Gasteiger partial charge in [-0.05, 0) is 31.5 Å². The van der Waals surface area contributed by atoms with Gasteiger partial charge in [-0.15, -0.1) is 0 Å². The van der Waals surface area contributed by atoms with Gasteiger partial charge in [-0.2, -0.15) is 0 Å². The lowest BCUT2D eigenvalue weighted by Gasteiger charge is -2.20. The second-order valence-electron chi connectivity index (χ2n) is 5.14. The summed E-state index contributed by atoms with van der Waals surface area (Å²) in [5.41, 5.74) is -0.493. The molecule has 0 spiro atoms. The first-order chi connectivity index (χ1) is 9.85. The predicted molar refractivity (Wildman–Crippen MR) is 77.4 cm³/mol. The van der Waals surface area contributed by atoms with Crippen LogP contribution in [0.15, 0.2) is 24.3 Å². The molecule has 0 aliphatic heterocycles. The van der Waals surface area contributed by atoms with Crippen LogP contribution in [0, 0.1) is 0 Å². The van der Waals surface area contributed by atoms with E-state index < -0.39 is 11.5 Å². The summed E-state index contributed by atoms with van der Waals surface area (Å²) in [4.78, 5) is 22.7. The van der Waals surface area contributed by atoms with Crippen molar-refractivity contribution in [3.63, 3.8) is 0 Å². The van der Waals surface area contributed by atoms with Gasteiger partial charge in [0.15, 0.2) is 0 Å². The molecule has 6 nitrogen and oxygen atoms in total. The van der Waals surface area contributed by atoms with E-state index in [0.717, 1.165) is 5.56 Å². The lowest BCUT2D eigenvalue weighted by molar-refractivity contribution is -0.145. The molecule has 1 aromatic rings. The van der Waals surface area contributed by atoms with Gasteiger partial charge in [-0.3, -0.25) is 4.79 Å². The van der Waals surface area contributed by atoms with E-state index in [2.05, 4.69) is 5.32 Å². The zero-order chi connectivity index (χ0) is 15.9. The Hall–Kier alpha value is -2.08. The summed E-state index contributed by atoms with van der Waals surface area (Å²) in [5, 5.41) is 11.4. The fourth-order valence-corrected chi connectivity index (χ4v) is 1.58. The molecule has 0 unspecified atom stereocenters. The Balaban J connectivity index is 2.52. The highest BCUT2D eigenvalue weighted by molar-refractivity contribution is 5.87. The highest BCUT2D eigenvalue weighted by atomic mass is 16.5. The number of rotatable bonds is 8. The first kappa shape index (κ1) is 17.0. The molecule has 0 aliphatic rings. The molecule has 2 N–H and O–H groups in total. The van der Waals surface area contributed by atoms with E-state index in [1.165, 1.54) is 13.8 Å². The Morgan fingerprint density at radius 1 is 1.19 bits per heavy atom. The lowest BCUT2D eigenvalue weighted by atomic mass is 10.1. The molecule has 0 fully saturated rings. The standard InChI is InChI=1S/C15H21NO5/c1-15(2,14(18)19)16-13(17)10-11-4-6-12(7-5-11)21-9-8-20-3/h4-7H,8-10H2,1-3H3,(H,16,17)(H,18,19). The molecule has 0 bridgehead atoms. The molecule has 116 valence electrons. The number of benzene rings is 1. The van der Waals surface area contributed by atoms with Crippen molar-refractivity contribution < 1.29 is 24.2 Å². The Kier molecular flexibility index (Phi) is 6.17. The maximum absolute atomic E-state index is 11.8. The van der Waals surface area contributed by atoms with E-state index in [1.807, 2.05) is 0 Å². The molecule has 0 saturated heterocycles. The first-order valence-electron chi connectivity index (χ1n) is 6.60. The minimum atomic E-state index is -1.28. The molecule has 0 heterocycles. The average Bonchev–Trinajstić information content (AvgIpc) is 2.40. The lowest BCUT2D eigenvalue weighted by Crippen LogP contribution is -2.50. The molecule has 1 amide bonds. The zero-order valence-corrected chi connectivity index (χ0v) is 12.5. The quantitative estimate of drug-likeness (QED) is 0.705. The maximum atomic E-state index is 11.8. The summed E-state index contributed by atoms with van der Waals surface area (Å²) >= 11 is 0. The third-order valence-corrected chi connectivity index (χ3v) is 2.83. The van der Waals surface area contributed by atoms with Crippen LogP contribution in [-0.2, 0) is 20.7 Å². The number of carboxylic acid groups (broad SMARTS) is 1. The molecule has 0 saturated carbocycles. The van der Waals surface area contributed by atoms with Gasteiger partial charge < -0.3 is 19.9 Å². The van der Waals surface area contributed by atoms with Crippen LogP contribution < -0.4 is 10.1 Å². The Bertz CT molecular complexity index is 481. The van der Waals surface area contributed by atoms with Crippen LogP contribution >= 0.6 is 0 Å². The number of hydrogen-bond acceptors (Lipinski definition) is 4. The van der Waals surface area contributed by atoms with Crippen LogP contribution in [0.5, 0.6) is 5.75 Å². The summed E-state index contributed by atoms with van der Waals surface area (Å²) < 4.78 is 10.3. The van der Waals surface area contributed by atoms with Crippen molar-refractivity contribution in [1.29, 1.82) is 0 Å². The van der Waals surface area contributed by atoms with Gasteiger partial charge in [0, 0.05) is 7.11 Å². The fourth-order valence-electron chi connectivity index (χ4n) is 1.58. The largest absolute Gasteiger partial charge is 0.491 e. The van der Waals surface area contributed by atoms with Crippen molar-refractivity contribution in [3.05, 3.63) is 29.8 Å². The third-order valence-electron chi connectivity index (χ3n) is 2.83. The zero-order valence-electron chi connectivity index (χ0n) is 12.5. The Morgan fingerprint density at radius 2 is 1.81 bits per heavy atom. The van der Waals surface area contributed by atoms with Crippen LogP contribution in [0.25, 0.3) is 0 Å². The molecule has 6 heteroatoms. The molecule has 21 heavy (non-hydrogen) atoms. The minimum absolute atomic E-state index is 0.120. The van der Waals surface area contributed by atoms with Gasteiger partial charge in [0.05, 0.1) is 13.0 Å². The number of hydrogen-bond donors (Lipinski definition) is 2. The topological polar surface area (TPSA) is 84.9 Å². The second kappa shape index (κ2) is 7.64. The summed E-state index contributed by atoms with van der Waals surface area (Å²) in [6.45, 7) is 3.86. The van der Waals surface area contributed by atoms with Gasteiger partial charge >= 0.3 is 5.97 Å². The van der Waals surface area contributed by atoms with Crippen LogP contribution in [0.3, 0.4) is 0 Å². The number of carbonyl (C=O) groups is 2. The highest BCUT2D eigenvalue weighted by Gasteiger charge is 2.28. The van der Waals surface area contributed by atoms with Crippen molar-refractivity contribution >= 4 is 11.9 Å². The Labute approximate surface area is 124 Å². The second-order valence-corrected chi connectivity index (χ2v) is 5.14. The highest BCUT2D eigenvalue weighted by Crippen LogP contribution is 2.13. The van der Waals surface area contributed by atoms with Crippen LogP contribution in [0.1, 0.15) is 19.4 Å². The molecular weight excluding hydrogens is 274 g/mol. The van der Waals surface area contributed by atoms with Crippen molar-refractivity contribution in [3.8, 4) is 5.75 Å². The number of aliphatic carboxylic acids is 1. The fraction of sp³-hybridized carbons (Fsp3) is 0.467. The predicted octanol–water partition coefficient (Wildman–Crippen LogP) is 1.23. The first-order valence-corrected chi connectivity index (χ1v) is 6.60. The van der Waals surface area contributed by atoms with E-state index in [0.29, 0.717) is 19.0 Å². The van der Waals surface area contributed by atoms with Gasteiger partial charge in [-0.25, -0.2) is 4.79 Å². The molecule has 0 atom stereocenters.